The molecule has 1 aromatic heterocycles. The number of carbonyl (C=O) groups excluding carboxylic acids is 1. The number of nitrogens with zero attached hydrogens (tertiary/aromatic N) is 1. The number of carbonyl (C=O) groups is 1. The van der Waals surface area contributed by atoms with Crippen molar-refractivity contribution in [1.82, 2.24) is 10.3 Å². The van der Waals surface area contributed by atoms with Crippen molar-refractivity contribution in [2.75, 3.05) is 0 Å². The number of aromatic nitrogens is 1. The van der Waals surface area contributed by atoms with E-state index in [1.165, 1.54) is 29.8 Å². The van der Waals surface area contributed by atoms with Crippen LogP contribution in [0.15, 0.2) is 53.9 Å². The van der Waals surface area contributed by atoms with Crippen molar-refractivity contribution in [1.29, 1.82) is 0 Å². The summed E-state index contributed by atoms with van der Waals surface area (Å²) in [6, 6.07) is 13.7. The van der Waals surface area contributed by atoms with Crippen LogP contribution in [-0.2, 0) is 11.3 Å². The summed E-state index contributed by atoms with van der Waals surface area (Å²) in [5.41, 5.74) is 3.06. The number of hydrogen-bond acceptors (Lipinski definition) is 4. The molecule has 0 unspecified atom stereocenters. The van der Waals surface area contributed by atoms with Gasteiger partial charge < -0.3 is 10.1 Å². The van der Waals surface area contributed by atoms with Crippen LogP contribution in [0.5, 0.6) is 5.75 Å². The molecule has 134 valence electrons. The van der Waals surface area contributed by atoms with Crippen LogP contribution in [0.1, 0.15) is 18.2 Å². The van der Waals surface area contributed by atoms with E-state index in [1.807, 2.05) is 36.6 Å². The van der Waals surface area contributed by atoms with Crippen molar-refractivity contribution in [3.63, 3.8) is 0 Å². The summed E-state index contributed by atoms with van der Waals surface area (Å²) in [6.45, 7) is 4.03. The molecule has 0 saturated heterocycles. The SMILES string of the molecule is Cc1ccc(-c2nc(CNC(=O)[C@H](C)Oc3ccc(F)cc3)cs2)cc1. The standard InChI is InChI=1S/C20H19FN2O2S/c1-13-3-5-15(6-4-13)20-23-17(12-26-20)11-22-19(24)14(2)25-18-9-7-16(21)8-10-18/h3-10,12,14H,11H2,1-2H3,(H,22,24)/t14-/m0/s1. The molecule has 1 heterocycles. The molecule has 3 aromatic rings. The van der Waals surface area contributed by atoms with Crippen LogP contribution in [0.25, 0.3) is 10.6 Å². The highest BCUT2D eigenvalue weighted by Gasteiger charge is 2.15. The van der Waals surface area contributed by atoms with Crippen molar-refractivity contribution in [3.8, 4) is 16.3 Å². The molecule has 0 aliphatic heterocycles. The van der Waals surface area contributed by atoms with E-state index in [0.717, 1.165) is 16.3 Å². The number of ether oxygens (including phenoxy) is 1. The Kier molecular flexibility index (Phi) is 5.63. The van der Waals surface area contributed by atoms with E-state index in [9.17, 15) is 9.18 Å². The largest absolute Gasteiger partial charge is 0.481 e. The molecule has 3 rings (SSSR count). The van der Waals surface area contributed by atoms with Gasteiger partial charge in [-0.05, 0) is 38.1 Å². The minimum absolute atomic E-state index is 0.251. The molecule has 4 nitrogen and oxygen atoms in total. The summed E-state index contributed by atoms with van der Waals surface area (Å²) >= 11 is 1.54. The fourth-order valence-electron chi connectivity index (χ4n) is 2.31. The van der Waals surface area contributed by atoms with Gasteiger partial charge in [-0.25, -0.2) is 9.37 Å². The van der Waals surface area contributed by atoms with Crippen molar-refractivity contribution in [2.45, 2.75) is 26.5 Å². The van der Waals surface area contributed by atoms with E-state index in [-0.39, 0.29) is 11.7 Å². The topological polar surface area (TPSA) is 51.2 Å². The second kappa shape index (κ2) is 8.10. The lowest BCUT2D eigenvalue weighted by atomic mass is 10.2. The van der Waals surface area contributed by atoms with Crippen LogP contribution in [0.2, 0.25) is 0 Å². The molecule has 0 fully saturated rings. The third-order valence-electron chi connectivity index (χ3n) is 3.79. The van der Waals surface area contributed by atoms with Gasteiger partial charge in [-0.3, -0.25) is 4.79 Å². The fraction of sp³-hybridized carbons (Fsp3) is 0.200. The quantitative estimate of drug-likeness (QED) is 0.702. The molecule has 0 radical (unpaired) electrons. The number of amides is 1. The van der Waals surface area contributed by atoms with Crippen molar-refractivity contribution in [2.24, 2.45) is 0 Å². The van der Waals surface area contributed by atoms with Crippen LogP contribution < -0.4 is 10.1 Å². The molecule has 0 spiro atoms. The molecular weight excluding hydrogens is 351 g/mol. The van der Waals surface area contributed by atoms with Gasteiger partial charge in [0.1, 0.15) is 16.6 Å². The average Bonchev–Trinajstić information content (AvgIpc) is 3.11. The molecule has 6 heteroatoms. The second-order valence-electron chi connectivity index (χ2n) is 5.94. The van der Waals surface area contributed by atoms with Crippen molar-refractivity contribution in [3.05, 3.63) is 71.0 Å². The number of rotatable bonds is 6. The number of benzene rings is 2. The zero-order chi connectivity index (χ0) is 18.5. The summed E-state index contributed by atoms with van der Waals surface area (Å²) in [5.74, 6) is -0.147. The van der Waals surface area contributed by atoms with E-state index < -0.39 is 6.10 Å². The minimum Gasteiger partial charge on any atom is -0.481 e. The maximum atomic E-state index is 12.9. The van der Waals surface area contributed by atoms with Gasteiger partial charge in [0.25, 0.3) is 5.91 Å². The number of nitrogens with one attached hydrogen (secondary N) is 1. The molecule has 1 amide bonds. The summed E-state index contributed by atoms with van der Waals surface area (Å²) in [7, 11) is 0. The molecule has 26 heavy (non-hydrogen) atoms. The van der Waals surface area contributed by atoms with Gasteiger partial charge in [0, 0.05) is 10.9 Å². The van der Waals surface area contributed by atoms with Crippen LogP contribution >= 0.6 is 11.3 Å². The third kappa shape index (κ3) is 4.67. The van der Waals surface area contributed by atoms with E-state index in [1.54, 1.807) is 18.3 Å². The monoisotopic (exact) mass is 370 g/mol. The van der Waals surface area contributed by atoms with E-state index >= 15 is 0 Å². The lowest BCUT2D eigenvalue weighted by molar-refractivity contribution is -0.127. The Hall–Kier alpha value is -2.73. The second-order valence-corrected chi connectivity index (χ2v) is 6.80. The Labute approximate surface area is 155 Å². The minimum atomic E-state index is -0.685. The Morgan fingerprint density at radius 3 is 2.58 bits per heavy atom. The van der Waals surface area contributed by atoms with Crippen LogP contribution in [0, 0.1) is 12.7 Å². The summed E-state index contributed by atoms with van der Waals surface area (Å²) in [6.07, 6.45) is -0.685. The molecule has 0 saturated carbocycles. The number of hydrogen-bond donors (Lipinski definition) is 1. The highest BCUT2D eigenvalue weighted by molar-refractivity contribution is 7.13. The molecule has 1 atom stereocenters. The smallest absolute Gasteiger partial charge is 0.261 e. The third-order valence-corrected chi connectivity index (χ3v) is 4.73. The lowest BCUT2D eigenvalue weighted by Gasteiger charge is -2.14. The zero-order valence-electron chi connectivity index (χ0n) is 14.5. The van der Waals surface area contributed by atoms with Gasteiger partial charge in [0.15, 0.2) is 6.10 Å². The summed E-state index contributed by atoms with van der Waals surface area (Å²) in [4.78, 5) is 16.7. The summed E-state index contributed by atoms with van der Waals surface area (Å²) < 4.78 is 18.4. The van der Waals surface area contributed by atoms with Crippen molar-refractivity contribution >= 4 is 17.2 Å². The maximum absolute atomic E-state index is 12.9. The van der Waals surface area contributed by atoms with Gasteiger partial charge >= 0.3 is 0 Å². The van der Waals surface area contributed by atoms with Gasteiger partial charge in [-0.15, -0.1) is 11.3 Å². The van der Waals surface area contributed by atoms with E-state index in [4.69, 9.17) is 4.74 Å². The van der Waals surface area contributed by atoms with Crippen LogP contribution in [0.3, 0.4) is 0 Å². The fourth-order valence-corrected chi connectivity index (χ4v) is 3.13. The molecule has 0 aliphatic carbocycles. The Morgan fingerprint density at radius 1 is 1.19 bits per heavy atom. The van der Waals surface area contributed by atoms with Crippen molar-refractivity contribution < 1.29 is 13.9 Å². The lowest BCUT2D eigenvalue weighted by Crippen LogP contribution is -2.35. The number of halogens is 1. The first-order valence-corrected chi connectivity index (χ1v) is 9.10. The van der Waals surface area contributed by atoms with Gasteiger partial charge in [0.2, 0.25) is 0 Å². The maximum Gasteiger partial charge on any atom is 0.261 e. The van der Waals surface area contributed by atoms with Crippen LogP contribution in [-0.4, -0.2) is 17.0 Å². The highest BCUT2D eigenvalue weighted by Crippen LogP contribution is 2.24. The first kappa shape index (κ1) is 18.1. The highest BCUT2D eigenvalue weighted by atomic mass is 32.1. The Balaban J connectivity index is 1.54. The van der Waals surface area contributed by atoms with Gasteiger partial charge in [-0.2, -0.15) is 0 Å². The normalized spacial score (nSPS) is 11.8. The first-order valence-electron chi connectivity index (χ1n) is 8.22. The number of aryl methyl sites for hydroxylation is 1. The number of thiazole rings is 1. The molecule has 0 aliphatic rings. The van der Waals surface area contributed by atoms with Crippen LogP contribution in [0.4, 0.5) is 4.39 Å². The Morgan fingerprint density at radius 2 is 1.88 bits per heavy atom. The summed E-state index contributed by atoms with van der Waals surface area (Å²) in [5, 5.41) is 5.66. The van der Waals surface area contributed by atoms with E-state index in [2.05, 4.69) is 10.3 Å². The van der Waals surface area contributed by atoms with Gasteiger partial charge in [0.05, 0.1) is 12.2 Å². The van der Waals surface area contributed by atoms with Gasteiger partial charge in [-0.1, -0.05) is 29.8 Å². The molecule has 1 N–H and O–H groups in total. The Bertz CT molecular complexity index is 876. The first-order chi connectivity index (χ1) is 12.5. The predicted molar refractivity (Wildman–Crippen MR) is 101 cm³/mol. The zero-order valence-corrected chi connectivity index (χ0v) is 15.3. The molecular formula is C20H19FN2O2S. The average molecular weight is 370 g/mol. The van der Waals surface area contributed by atoms with E-state index in [0.29, 0.717) is 12.3 Å². The predicted octanol–water partition coefficient (Wildman–Crippen LogP) is 4.34. The molecule has 0 bridgehead atoms. The molecule has 2 aromatic carbocycles.